The number of ether oxygens (including phenoxy) is 2. The number of nitrogens with one attached hydrogen (secondary N) is 1. The molecule has 0 spiro atoms. The molecule has 2 rings (SSSR count). The molecule has 1 aliphatic heterocycles. The first-order valence-corrected chi connectivity index (χ1v) is 6.55. The smallest absolute Gasteiger partial charge is 0.264 e. The fourth-order valence-electron chi connectivity index (χ4n) is 1.83. The van der Waals surface area contributed by atoms with Gasteiger partial charge in [0.05, 0.1) is 6.10 Å². The first-order chi connectivity index (χ1) is 9.20. The Kier molecular flexibility index (Phi) is 4.63. The maximum atomic E-state index is 11.9. The molecule has 2 unspecified atom stereocenters. The second kappa shape index (κ2) is 6.43. The molecule has 0 aliphatic carbocycles. The van der Waals surface area contributed by atoms with Gasteiger partial charge in [-0.1, -0.05) is 19.1 Å². The summed E-state index contributed by atoms with van der Waals surface area (Å²) in [6, 6.07) is 7.27. The zero-order chi connectivity index (χ0) is 13.7. The molecular formula is C14H19NO4. The van der Waals surface area contributed by atoms with Crippen LogP contribution < -0.4 is 14.8 Å². The topological polar surface area (TPSA) is 67.8 Å². The van der Waals surface area contributed by atoms with Crippen LogP contribution in [0.2, 0.25) is 0 Å². The summed E-state index contributed by atoms with van der Waals surface area (Å²) in [6.45, 7) is 2.55. The van der Waals surface area contributed by atoms with Crippen LogP contribution in [0.25, 0.3) is 0 Å². The third-order valence-corrected chi connectivity index (χ3v) is 3.05. The molecule has 0 bridgehead atoms. The Hall–Kier alpha value is -1.75. The fraction of sp³-hybridized carbons (Fsp3) is 0.500. The van der Waals surface area contributed by atoms with Crippen LogP contribution in [0.15, 0.2) is 24.3 Å². The van der Waals surface area contributed by atoms with Gasteiger partial charge in [0.2, 0.25) is 6.10 Å². The summed E-state index contributed by atoms with van der Waals surface area (Å²) in [4.78, 5) is 11.9. The molecule has 0 aromatic heterocycles. The number of amides is 1. The normalized spacial score (nSPS) is 18.7. The predicted octanol–water partition coefficient (Wildman–Crippen LogP) is 1.10. The number of para-hydroxylation sites is 2. The van der Waals surface area contributed by atoms with Crippen LogP contribution in [0.4, 0.5) is 0 Å². The standard InChI is InChI=1S/C14H19NO4/c1-2-10(16)7-8-15-14(17)13-9-18-11-5-3-4-6-12(11)19-13/h3-6,10,13,16H,2,7-9H2,1H3,(H,15,17). The van der Waals surface area contributed by atoms with E-state index >= 15 is 0 Å². The molecule has 2 N–H and O–H groups in total. The number of rotatable bonds is 5. The van der Waals surface area contributed by atoms with Gasteiger partial charge in [-0.3, -0.25) is 4.79 Å². The Labute approximate surface area is 112 Å². The van der Waals surface area contributed by atoms with E-state index in [-0.39, 0.29) is 18.6 Å². The molecule has 1 heterocycles. The Morgan fingerprint density at radius 2 is 2.21 bits per heavy atom. The highest BCUT2D eigenvalue weighted by molar-refractivity contribution is 5.81. The van der Waals surface area contributed by atoms with Crippen molar-refractivity contribution in [3.8, 4) is 11.5 Å². The first-order valence-electron chi connectivity index (χ1n) is 6.55. The summed E-state index contributed by atoms with van der Waals surface area (Å²) >= 11 is 0. The van der Waals surface area contributed by atoms with Gasteiger partial charge in [-0.05, 0) is 25.0 Å². The minimum Gasteiger partial charge on any atom is -0.485 e. The van der Waals surface area contributed by atoms with E-state index in [1.54, 1.807) is 12.1 Å². The average Bonchev–Trinajstić information content (AvgIpc) is 2.46. The van der Waals surface area contributed by atoms with Crippen molar-refractivity contribution in [2.45, 2.75) is 32.0 Å². The lowest BCUT2D eigenvalue weighted by Crippen LogP contribution is -2.44. The Morgan fingerprint density at radius 3 is 2.95 bits per heavy atom. The van der Waals surface area contributed by atoms with Crippen molar-refractivity contribution in [2.24, 2.45) is 0 Å². The minimum absolute atomic E-state index is 0.208. The molecule has 2 atom stereocenters. The van der Waals surface area contributed by atoms with Gasteiger partial charge >= 0.3 is 0 Å². The van der Waals surface area contributed by atoms with Crippen LogP contribution in [-0.2, 0) is 4.79 Å². The van der Waals surface area contributed by atoms with Crippen molar-refractivity contribution in [3.05, 3.63) is 24.3 Å². The third-order valence-electron chi connectivity index (χ3n) is 3.05. The van der Waals surface area contributed by atoms with Crippen LogP contribution in [0.3, 0.4) is 0 Å². The zero-order valence-corrected chi connectivity index (χ0v) is 11.0. The van der Waals surface area contributed by atoms with E-state index in [1.165, 1.54) is 0 Å². The van der Waals surface area contributed by atoms with E-state index in [2.05, 4.69) is 5.32 Å². The number of hydrogen-bond acceptors (Lipinski definition) is 4. The number of hydrogen-bond donors (Lipinski definition) is 2. The van der Waals surface area contributed by atoms with Gasteiger partial charge in [-0.2, -0.15) is 0 Å². The molecule has 5 nitrogen and oxygen atoms in total. The zero-order valence-electron chi connectivity index (χ0n) is 11.0. The van der Waals surface area contributed by atoms with Crippen molar-refractivity contribution >= 4 is 5.91 Å². The van der Waals surface area contributed by atoms with Crippen molar-refractivity contribution in [3.63, 3.8) is 0 Å². The largest absolute Gasteiger partial charge is 0.485 e. The van der Waals surface area contributed by atoms with Crippen LogP contribution in [0.5, 0.6) is 11.5 Å². The molecule has 0 fully saturated rings. The molecule has 1 amide bonds. The highest BCUT2D eigenvalue weighted by Crippen LogP contribution is 2.30. The van der Waals surface area contributed by atoms with Crippen molar-refractivity contribution in [2.75, 3.05) is 13.2 Å². The molecular weight excluding hydrogens is 246 g/mol. The highest BCUT2D eigenvalue weighted by Gasteiger charge is 2.26. The molecule has 19 heavy (non-hydrogen) atoms. The maximum Gasteiger partial charge on any atom is 0.264 e. The van der Waals surface area contributed by atoms with Gasteiger partial charge in [-0.15, -0.1) is 0 Å². The fourth-order valence-corrected chi connectivity index (χ4v) is 1.83. The molecule has 1 aliphatic rings. The van der Waals surface area contributed by atoms with E-state index in [0.29, 0.717) is 30.9 Å². The van der Waals surface area contributed by atoms with E-state index < -0.39 is 6.10 Å². The second-order valence-corrected chi connectivity index (χ2v) is 4.51. The van der Waals surface area contributed by atoms with Crippen LogP contribution >= 0.6 is 0 Å². The van der Waals surface area contributed by atoms with E-state index in [9.17, 15) is 9.90 Å². The van der Waals surface area contributed by atoms with Gasteiger partial charge in [0.1, 0.15) is 6.61 Å². The van der Waals surface area contributed by atoms with Gasteiger partial charge in [0.15, 0.2) is 11.5 Å². The van der Waals surface area contributed by atoms with Gasteiger partial charge in [0, 0.05) is 6.54 Å². The van der Waals surface area contributed by atoms with Crippen LogP contribution in [0.1, 0.15) is 19.8 Å². The summed E-state index contributed by atoms with van der Waals surface area (Å²) in [6.07, 6.45) is 0.233. The Morgan fingerprint density at radius 1 is 1.47 bits per heavy atom. The number of aliphatic hydroxyl groups excluding tert-OH is 1. The number of carbonyl (C=O) groups is 1. The number of fused-ring (bicyclic) bond motifs is 1. The monoisotopic (exact) mass is 265 g/mol. The second-order valence-electron chi connectivity index (χ2n) is 4.51. The lowest BCUT2D eigenvalue weighted by atomic mass is 10.2. The quantitative estimate of drug-likeness (QED) is 0.836. The number of aliphatic hydroxyl groups is 1. The van der Waals surface area contributed by atoms with Crippen LogP contribution in [0, 0.1) is 0 Å². The minimum atomic E-state index is -0.631. The summed E-state index contributed by atoms with van der Waals surface area (Å²) in [5.74, 6) is 1.04. The Balaban J connectivity index is 1.82. The van der Waals surface area contributed by atoms with Crippen LogP contribution in [-0.4, -0.2) is 36.4 Å². The van der Waals surface area contributed by atoms with E-state index in [4.69, 9.17) is 9.47 Å². The molecule has 104 valence electrons. The highest BCUT2D eigenvalue weighted by atomic mass is 16.6. The Bertz CT molecular complexity index is 435. The van der Waals surface area contributed by atoms with E-state index in [1.807, 2.05) is 19.1 Å². The molecule has 1 aromatic rings. The summed E-state index contributed by atoms with van der Waals surface area (Å²) in [5.41, 5.74) is 0. The van der Waals surface area contributed by atoms with E-state index in [0.717, 1.165) is 0 Å². The first kappa shape index (κ1) is 13.7. The third kappa shape index (κ3) is 3.61. The predicted molar refractivity (Wildman–Crippen MR) is 70.3 cm³/mol. The van der Waals surface area contributed by atoms with Gasteiger partial charge in [0.25, 0.3) is 5.91 Å². The SMILES string of the molecule is CCC(O)CCNC(=O)C1COc2ccccc2O1. The maximum absolute atomic E-state index is 11.9. The lowest BCUT2D eigenvalue weighted by Gasteiger charge is -2.25. The van der Waals surface area contributed by atoms with Crippen molar-refractivity contribution < 1.29 is 19.4 Å². The molecule has 0 saturated carbocycles. The summed E-state index contributed by atoms with van der Waals surface area (Å²) in [5, 5.41) is 12.1. The molecule has 1 aromatic carbocycles. The molecule has 0 radical (unpaired) electrons. The summed E-state index contributed by atoms with van der Waals surface area (Å²) in [7, 11) is 0. The van der Waals surface area contributed by atoms with Gasteiger partial charge < -0.3 is 19.9 Å². The lowest BCUT2D eigenvalue weighted by molar-refractivity contribution is -0.130. The number of benzene rings is 1. The number of carbonyl (C=O) groups excluding carboxylic acids is 1. The average molecular weight is 265 g/mol. The molecule has 5 heteroatoms. The van der Waals surface area contributed by atoms with Crippen molar-refractivity contribution in [1.29, 1.82) is 0 Å². The summed E-state index contributed by atoms with van der Waals surface area (Å²) < 4.78 is 11.0. The van der Waals surface area contributed by atoms with Crippen molar-refractivity contribution in [1.82, 2.24) is 5.32 Å². The van der Waals surface area contributed by atoms with Gasteiger partial charge in [-0.25, -0.2) is 0 Å². The molecule has 0 saturated heterocycles.